The van der Waals surface area contributed by atoms with Crippen LogP contribution >= 0.6 is 0 Å². The molecule has 0 atom stereocenters. The van der Waals surface area contributed by atoms with Gasteiger partial charge in [-0.3, -0.25) is 4.79 Å². The second-order valence-electron chi connectivity index (χ2n) is 5.58. The molecule has 2 aliphatic rings. The van der Waals surface area contributed by atoms with Crippen LogP contribution in [-0.4, -0.2) is 94.2 Å². The number of nitrogens with zero attached hydrogens (tertiary/aromatic N) is 2. The Hall–Kier alpha value is -1.38. The van der Waals surface area contributed by atoms with Crippen molar-refractivity contribution in [3.8, 4) is 0 Å². The first kappa shape index (κ1) is 18.0. The van der Waals surface area contributed by atoms with Gasteiger partial charge in [0.15, 0.2) is 0 Å². The molecule has 2 fully saturated rings. The number of methoxy groups -OCH3 is 1. The van der Waals surface area contributed by atoms with Gasteiger partial charge in [0.1, 0.15) is 13.2 Å². The van der Waals surface area contributed by atoms with Crippen LogP contribution in [0.1, 0.15) is 12.8 Å². The number of carbonyl (C=O) groups is 2. The van der Waals surface area contributed by atoms with Crippen LogP contribution in [0.3, 0.4) is 0 Å². The standard InChI is InChI=1S/C15H26N2O6/c1-20-8-9-21-10-11-22-12-14(18)16-4-2-13(3-5-16)17-6-7-23-15(17)19/h13H,2-12H2,1H3. The lowest BCUT2D eigenvalue weighted by atomic mass is 10.0. The van der Waals surface area contributed by atoms with Crippen LogP contribution in [0.15, 0.2) is 0 Å². The highest BCUT2D eigenvalue weighted by Gasteiger charge is 2.33. The van der Waals surface area contributed by atoms with E-state index < -0.39 is 0 Å². The minimum atomic E-state index is -0.230. The first-order chi connectivity index (χ1) is 11.2. The average molecular weight is 330 g/mol. The summed E-state index contributed by atoms with van der Waals surface area (Å²) in [6.07, 6.45) is 1.36. The van der Waals surface area contributed by atoms with E-state index in [0.29, 0.717) is 52.7 Å². The van der Waals surface area contributed by atoms with Crippen molar-refractivity contribution >= 4 is 12.0 Å². The van der Waals surface area contributed by atoms with Gasteiger partial charge in [0, 0.05) is 26.2 Å². The lowest BCUT2D eigenvalue weighted by Crippen LogP contribution is -2.47. The Bertz CT molecular complexity index is 384. The first-order valence-electron chi connectivity index (χ1n) is 8.08. The van der Waals surface area contributed by atoms with E-state index in [4.69, 9.17) is 18.9 Å². The lowest BCUT2D eigenvalue weighted by Gasteiger charge is -2.35. The fourth-order valence-electron chi connectivity index (χ4n) is 2.78. The SMILES string of the molecule is COCCOCCOCC(=O)N1CCC(N2CCOC2=O)CC1. The van der Waals surface area contributed by atoms with Gasteiger partial charge in [-0.05, 0) is 12.8 Å². The van der Waals surface area contributed by atoms with Gasteiger partial charge in [-0.1, -0.05) is 0 Å². The number of carbonyl (C=O) groups excluding carboxylic acids is 2. The van der Waals surface area contributed by atoms with Gasteiger partial charge >= 0.3 is 6.09 Å². The number of hydrogen-bond acceptors (Lipinski definition) is 6. The number of piperidine rings is 1. The second-order valence-corrected chi connectivity index (χ2v) is 5.58. The van der Waals surface area contributed by atoms with Crippen LogP contribution in [0, 0.1) is 0 Å². The molecule has 2 rings (SSSR count). The van der Waals surface area contributed by atoms with Gasteiger partial charge in [0.05, 0.1) is 33.0 Å². The van der Waals surface area contributed by atoms with E-state index in [-0.39, 0.29) is 24.6 Å². The monoisotopic (exact) mass is 330 g/mol. The molecule has 23 heavy (non-hydrogen) atoms. The molecule has 0 N–H and O–H groups in total. The number of amides is 2. The summed E-state index contributed by atoms with van der Waals surface area (Å²) in [6.45, 7) is 4.44. The molecule has 0 aliphatic carbocycles. The molecule has 8 heteroatoms. The van der Waals surface area contributed by atoms with E-state index in [1.54, 1.807) is 16.9 Å². The van der Waals surface area contributed by atoms with E-state index in [1.165, 1.54) is 0 Å². The van der Waals surface area contributed by atoms with Crippen LogP contribution in [0.25, 0.3) is 0 Å². The molecule has 0 unspecified atom stereocenters. The van der Waals surface area contributed by atoms with Crippen molar-refractivity contribution in [2.75, 3.05) is 66.4 Å². The number of ether oxygens (including phenoxy) is 4. The third-order valence-corrected chi connectivity index (χ3v) is 4.08. The van der Waals surface area contributed by atoms with E-state index in [0.717, 1.165) is 12.8 Å². The summed E-state index contributed by atoms with van der Waals surface area (Å²) < 4.78 is 20.4. The van der Waals surface area contributed by atoms with Crippen LogP contribution in [0.4, 0.5) is 4.79 Å². The molecule has 0 bridgehead atoms. The maximum Gasteiger partial charge on any atom is 0.410 e. The predicted molar refractivity (Wildman–Crippen MR) is 81.2 cm³/mol. The Labute approximate surface area is 136 Å². The molecule has 2 aliphatic heterocycles. The van der Waals surface area contributed by atoms with Crippen molar-refractivity contribution < 1.29 is 28.5 Å². The van der Waals surface area contributed by atoms with Crippen molar-refractivity contribution in [3.63, 3.8) is 0 Å². The van der Waals surface area contributed by atoms with E-state index >= 15 is 0 Å². The number of likely N-dealkylation sites (tertiary alicyclic amines) is 1. The van der Waals surface area contributed by atoms with Gasteiger partial charge in [-0.2, -0.15) is 0 Å². The molecule has 0 aromatic carbocycles. The quantitative estimate of drug-likeness (QED) is 0.559. The summed E-state index contributed by atoms with van der Waals surface area (Å²) >= 11 is 0. The van der Waals surface area contributed by atoms with Gasteiger partial charge in [-0.15, -0.1) is 0 Å². The van der Waals surface area contributed by atoms with Crippen molar-refractivity contribution in [3.05, 3.63) is 0 Å². The Balaban J connectivity index is 1.56. The zero-order valence-electron chi connectivity index (χ0n) is 13.7. The Kier molecular flexibility index (Phi) is 7.57. The van der Waals surface area contributed by atoms with E-state index in [9.17, 15) is 9.59 Å². The molecule has 2 saturated heterocycles. The Morgan fingerprint density at radius 2 is 1.83 bits per heavy atom. The highest BCUT2D eigenvalue weighted by molar-refractivity contribution is 5.77. The van der Waals surface area contributed by atoms with Crippen LogP contribution in [0.5, 0.6) is 0 Å². The smallest absolute Gasteiger partial charge is 0.410 e. The van der Waals surface area contributed by atoms with Crippen molar-refractivity contribution in [2.24, 2.45) is 0 Å². The van der Waals surface area contributed by atoms with E-state index in [2.05, 4.69) is 0 Å². The fraction of sp³-hybridized carbons (Fsp3) is 0.867. The Morgan fingerprint density at radius 1 is 1.13 bits per heavy atom. The van der Waals surface area contributed by atoms with Crippen LogP contribution in [-0.2, 0) is 23.7 Å². The number of cyclic esters (lactones) is 1. The molecule has 8 nitrogen and oxygen atoms in total. The third-order valence-electron chi connectivity index (χ3n) is 4.08. The molecule has 0 radical (unpaired) electrons. The van der Waals surface area contributed by atoms with E-state index in [1.807, 2.05) is 0 Å². The summed E-state index contributed by atoms with van der Waals surface area (Å²) in [6, 6.07) is 0.184. The molecule has 2 heterocycles. The maximum atomic E-state index is 12.1. The molecular weight excluding hydrogens is 304 g/mol. The zero-order valence-corrected chi connectivity index (χ0v) is 13.7. The molecule has 0 spiro atoms. The topological polar surface area (TPSA) is 77.5 Å². The minimum absolute atomic E-state index is 0.00987. The largest absolute Gasteiger partial charge is 0.448 e. The van der Waals surface area contributed by atoms with Gasteiger partial charge < -0.3 is 28.7 Å². The predicted octanol–water partition coefficient (Wildman–Crippen LogP) is 0.109. The van der Waals surface area contributed by atoms with Crippen molar-refractivity contribution in [1.82, 2.24) is 9.80 Å². The number of hydrogen-bond donors (Lipinski definition) is 0. The lowest BCUT2D eigenvalue weighted by molar-refractivity contribution is -0.138. The summed E-state index contributed by atoms with van der Waals surface area (Å²) in [5.74, 6) is -0.00987. The van der Waals surface area contributed by atoms with Crippen molar-refractivity contribution in [2.45, 2.75) is 18.9 Å². The first-order valence-corrected chi connectivity index (χ1v) is 8.08. The average Bonchev–Trinajstić information content (AvgIpc) is 3.00. The Morgan fingerprint density at radius 3 is 2.48 bits per heavy atom. The van der Waals surface area contributed by atoms with Crippen molar-refractivity contribution in [1.29, 1.82) is 0 Å². The minimum Gasteiger partial charge on any atom is -0.448 e. The molecule has 132 valence electrons. The summed E-state index contributed by atoms with van der Waals surface area (Å²) in [4.78, 5) is 27.2. The fourth-order valence-corrected chi connectivity index (χ4v) is 2.78. The van der Waals surface area contributed by atoms with Crippen LogP contribution < -0.4 is 0 Å². The highest BCUT2D eigenvalue weighted by atomic mass is 16.6. The highest BCUT2D eigenvalue weighted by Crippen LogP contribution is 2.19. The normalized spacial score (nSPS) is 19.3. The molecular formula is C15H26N2O6. The molecule has 2 amide bonds. The summed E-state index contributed by atoms with van der Waals surface area (Å²) in [5.41, 5.74) is 0. The van der Waals surface area contributed by atoms with Crippen LogP contribution in [0.2, 0.25) is 0 Å². The molecule has 0 aromatic rings. The van der Waals surface area contributed by atoms with Gasteiger partial charge in [0.2, 0.25) is 5.91 Å². The zero-order chi connectivity index (χ0) is 16.5. The molecule has 0 aromatic heterocycles. The second kappa shape index (κ2) is 9.69. The summed E-state index contributed by atoms with van der Waals surface area (Å²) in [5, 5.41) is 0. The van der Waals surface area contributed by atoms with Gasteiger partial charge in [0.25, 0.3) is 0 Å². The van der Waals surface area contributed by atoms with Gasteiger partial charge in [-0.25, -0.2) is 4.79 Å². The maximum absolute atomic E-state index is 12.1. The molecule has 0 saturated carbocycles. The summed E-state index contributed by atoms with van der Waals surface area (Å²) in [7, 11) is 1.62. The number of rotatable bonds is 9. The third kappa shape index (κ3) is 5.63.